The molecule has 0 fully saturated rings. The molecule has 0 spiro atoms. The van der Waals surface area contributed by atoms with E-state index in [1.165, 1.54) is 4.57 Å². The number of hydroxylamine groups is 1. The second-order valence-corrected chi connectivity index (χ2v) is 6.18. The summed E-state index contributed by atoms with van der Waals surface area (Å²) >= 11 is 11.7. The van der Waals surface area contributed by atoms with Crippen molar-refractivity contribution in [2.45, 2.75) is 38.3 Å². The van der Waals surface area contributed by atoms with Gasteiger partial charge < -0.3 is 9.47 Å². The topological polar surface area (TPSA) is 70.4 Å². The average Bonchev–Trinajstić information content (AvgIpc) is 3.11. The maximum absolute atomic E-state index is 11.7. The van der Waals surface area contributed by atoms with E-state index in [2.05, 4.69) is 4.98 Å². The standard InChI is InChI=1S/C19H28Cl2N4O2/c1-24-17-9-8-15(25(12-10-20)13-11-21)14-16(17)22-18(24)6-4-2-3-5-7-19(26)23-27/h8-9,14,27H,2-7,10-13H2,1H3,(H,23,26)/i2D2,3D2,4D2,5D2,7D2. The van der Waals surface area contributed by atoms with E-state index in [9.17, 15) is 4.79 Å². The van der Waals surface area contributed by atoms with Gasteiger partial charge in [0.2, 0.25) is 5.91 Å². The van der Waals surface area contributed by atoms with Gasteiger partial charge in [-0.25, -0.2) is 10.5 Å². The number of benzene rings is 1. The maximum Gasteiger partial charge on any atom is 0.243 e. The van der Waals surface area contributed by atoms with E-state index in [1.807, 2.05) is 4.90 Å². The third kappa shape index (κ3) is 6.26. The predicted molar refractivity (Wildman–Crippen MR) is 111 cm³/mol. The molecule has 0 radical (unpaired) electrons. The number of anilines is 1. The molecule has 1 heterocycles. The van der Waals surface area contributed by atoms with Crippen molar-refractivity contribution in [1.29, 1.82) is 0 Å². The molecule has 2 aromatic rings. The van der Waals surface area contributed by atoms with Crippen molar-refractivity contribution in [3.63, 3.8) is 0 Å². The highest BCUT2D eigenvalue weighted by molar-refractivity contribution is 6.18. The molecule has 0 bridgehead atoms. The molecule has 1 aromatic carbocycles. The second-order valence-electron chi connectivity index (χ2n) is 5.42. The van der Waals surface area contributed by atoms with Crippen LogP contribution in [0.1, 0.15) is 51.4 Å². The molecule has 27 heavy (non-hydrogen) atoms. The minimum Gasteiger partial charge on any atom is -0.369 e. The normalized spacial score (nSPS) is 19.3. The molecule has 2 N–H and O–H groups in total. The van der Waals surface area contributed by atoms with Crippen molar-refractivity contribution in [3.05, 3.63) is 24.0 Å². The van der Waals surface area contributed by atoms with E-state index >= 15 is 0 Å². The molecule has 1 aromatic heterocycles. The first-order valence-corrected chi connectivity index (χ1v) is 9.17. The third-order valence-corrected chi connectivity index (χ3v) is 4.11. The van der Waals surface area contributed by atoms with Gasteiger partial charge in [0.15, 0.2) is 0 Å². The summed E-state index contributed by atoms with van der Waals surface area (Å²) in [5.41, 5.74) is 2.66. The first-order valence-electron chi connectivity index (χ1n) is 13.1. The number of amides is 1. The summed E-state index contributed by atoms with van der Waals surface area (Å²) in [6.07, 6.45) is -19.1. The van der Waals surface area contributed by atoms with Crippen LogP contribution in [0.2, 0.25) is 0 Å². The molecule has 0 unspecified atom stereocenters. The van der Waals surface area contributed by atoms with Gasteiger partial charge in [-0.2, -0.15) is 0 Å². The smallest absolute Gasteiger partial charge is 0.243 e. The number of alkyl halides is 2. The number of carbonyl (C=O) groups is 1. The molecule has 0 aliphatic carbocycles. The van der Waals surface area contributed by atoms with E-state index < -0.39 is 44.2 Å². The summed E-state index contributed by atoms with van der Waals surface area (Å²) in [5.74, 6) is -1.22. The summed E-state index contributed by atoms with van der Waals surface area (Å²) in [5, 5.41) is 8.75. The Labute approximate surface area is 184 Å². The van der Waals surface area contributed by atoms with E-state index in [0.717, 1.165) is 11.2 Å². The van der Waals surface area contributed by atoms with E-state index in [0.29, 0.717) is 35.9 Å². The van der Waals surface area contributed by atoms with Crippen molar-refractivity contribution in [2.75, 3.05) is 29.7 Å². The molecule has 0 saturated heterocycles. The van der Waals surface area contributed by atoms with Gasteiger partial charge in [0.05, 0.1) is 11.0 Å². The Balaban J connectivity index is 2.49. The Morgan fingerprint density at radius 3 is 2.63 bits per heavy atom. The summed E-state index contributed by atoms with van der Waals surface area (Å²) in [4.78, 5) is 18.0. The zero-order valence-corrected chi connectivity index (χ0v) is 16.2. The molecular formula is C19H28Cl2N4O2. The number of hydrogen-bond donors (Lipinski definition) is 2. The molecule has 0 saturated carbocycles. The Bertz CT molecular complexity index is 1120. The Kier molecular flexibility index (Phi) is 4.84. The molecule has 150 valence electrons. The Morgan fingerprint density at radius 2 is 1.96 bits per heavy atom. The third-order valence-electron chi connectivity index (χ3n) is 3.77. The fourth-order valence-electron chi connectivity index (χ4n) is 2.48. The SMILES string of the molecule is [2H]C([2H])(Cc1nc2cc(N(CCCl)CCCl)ccc2n1C)C([2H])([2H])C([2H])([2H])C([2H])([2H])C([2H])([2H])C(=O)NO. The molecule has 1 amide bonds. The number of imidazole rings is 1. The fraction of sp³-hybridized carbons (Fsp3) is 0.579. The summed E-state index contributed by atoms with van der Waals surface area (Å²) in [6, 6.07) is 5.24. The van der Waals surface area contributed by atoms with Crippen LogP contribution in [-0.4, -0.2) is 45.5 Å². The first-order chi connectivity index (χ1) is 16.8. The van der Waals surface area contributed by atoms with Gasteiger partial charge in [0.1, 0.15) is 5.82 Å². The molecular weight excluding hydrogens is 387 g/mol. The maximum atomic E-state index is 11.7. The minimum atomic E-state index is -3.90. The van der Waals surface area contributed by atoms with Crippen molar-refractivity contribution in [1.82, 2.24) is 15.0 Å². The van der Waals surface area contributed by atoms with E-state index in [4.69, 9.17) is 42.1 Å². The van der Waals surface area contributed by atoms with Gasteiger partial charge in [-0.3, -0.25) is 10.0 Å². The predicted octanol–water partition coefficient (Wildman–Crippen LogP) is 3.86. The number of aromatic nitrogens is 2. The highest BCUT2D eigenvalue weighted by atomic mass is 35.5. The number of halogens is 2. The minimum absolute atomic E-state index is 0.0229. The van der Waals surface area contributed by atoms with Crippen molar-refractivity contribution >= 4 is 45.8 Å². The van der Waals surface area contributed by atoms with Crippen LogP contribution in [0.25, 0.3) is 11.0 Å². The lowest BCUT2D eigenvalue weighted by molar-refractivity contribution is -0.129. The van der Waals surface area contributed by atoms with Gasteiger partial charge in [-0.1, -0.05) is 12.7 Å². The molecule has 8 heteroatoms. The number of aryl methyl sites for hydroxylation is 2. The van der Waals surface area contributed by atoms with Crippen LogP contribution < -0.4 is 10.4 Å². The van der Waals surface area contributed by atoms with Gasteiger partial charge in [0.25, 0.3) is 0 Å². The highest BCUT2D eigenvalue weighted by Crippen LogP contribution is 2.23. The number of rotatable bonds is 12. The number of nitrogens with one attached hydrogen (secondary N) is 1. The molecule has 0 aliphatic heterocycles. The average molecular weight is 425 g/mol. The number of carbonyl (C=O) groups excluding carboxylic acids is 1. The number of nitrogens with zero attached hydrogens (tertiary/aromatic N) is 3. The fourth-order valence-corrected chi connectivity index (χ4v) is 2.89. The lowest BCUT2D eigenvalue weighted by atomic mass is 10.1. The van der Waals surface area contributed by atoms with Crippen LogP contribution in [0.15, 0.2) is 18.2 Å². The van der Waals surface area contributed by atoms with Gasteiger partial charge in [0, 0.05) is 64.1 Å². The van der Waals surface area contributed by atoms with Crippen LogP contribution in [0, 0.1) is 0 Å². The monoisotopic (exact) mass is 424 g/mol. The van der Waals surface area contributed by atoms with Crippen LogP contribution >= 0.6 is 23.2 Å². The largest absolute Gasteiger partial charge is 0.369 e. The highest BCUT2D eigenvalue weighted by Gasteiger charge is 2.11. The molecule has 6 nitrogen and oxygen atoms in total. The summed E-state index contributed by atoms with van der Waals surface area (Å²) in [7, 11) is 1.56. The van der Waals surface area contributed by atoms with Crippen LogP contribution in [0.4, 0.5) is 5.69 Å². The lowest BCUT2D eigenvalue weighted by Crippen LogP contribution is -2.27. The van der Waals surface area contributed by atoms with E-state index in [-0.39, 0.29) is 5.82 Å². The zero-order valence-electron chi connectivity index (χ0n) is 24.7. The lowest BCUT2D eigenvalue weighted by Gasteiger charge is -2.22. The van der Waals surface area contributed by atoms with Crippen molar-refractivity contribution in [3.8, 4) is 0 Å². The molecule has 0 atom stereocenters. The number of hydrogen-bond acceptors (Lipinski definition) is 4. The van der Waals surface area contributed by atoms with Crippen molar-refractivity contribution < 1.29 is 23.7 Å². The summed E-state index contributed by atoms with van der Waals surface area (Å²) in [6.45, 7) is 1.03. The van der Waals surface area contributed by atoms with Gasteiger partial charge in [-0.05, 0) is 30.9 Å². The second kappa shape index (κ2) is 11.4. The first kappa shape index (κ1) is 11.5. The number of fused-ring (bicyclic) bond motifs is 1. The quantitative estimate of drug-likeness (QED) is 0.308. The van der Waals surface area contributed by atoms with E-state index in [1.54, 1.807) is 25.2 Å². The van der Waals surface area contributed by atoms with Gasteiger partial charge in [-0.15, -0.1) is 23.2 Å². The van der Waals surface area contributed by atoms with Crippen LogP contribution in [-0.2, 0) is 18.3 Å². The van der Waals surface area contributed by atoms with Crippen molar-refractivity contribution in [2.24, 2.45) is 7.05 Å². The molecule has 0 aliphatic rings. The molecule has 2 rings (SSSR count). The summed E-state index contributed by atoms with van der Waals surface area (Å²) < 4.78 is 82.2. The van der Waals surface area contributed by atoms with Crippen LogP contribution in [0.3, 0.4) is 0 Å². The van der Waals surface area contributed by atoms with Crippen LogP contribution in [0.5, 0.6) is 0 Å². The Morgan fingerprint density at radius 1 is 1.26 bits per heavy atom. The Hall–Kier alpha value is -1.50. The zero-order chi connectivity index (χ0) is 28.6. The van der Waals surface area contributed by atoms with Gasteiger partial charge >= 0.3 is 0 Å².